The molecule has 2 aromatic rings. The molecule has 1 amide bonds. The van der Waals surface area contributed by atoms with Gasteiger partial charge in [-0.05, 0) is 37.3 Å². The molecule has 0 radical (unpaired) electrons. The predicted octanol–water partition coefficient (Wildman–Crippen LogP) is 4.35. The highest BCUT2D eigenvalue weighted by molar-refractivity contribution is 6.31. The summed E-state index contributed by atoms with van der Waals surface area (Å²) in [6.07, 6.45) is -5.95. The van der Waals surface area contributed by atoms with Crippen LogP contribution < -0.4 is 5.32 Å². The summed E-state index contributed by atoms with van der Waals surface area (Å²) in [5, 5.41) is 16.5. The molecule has 0 saturated heterocycles. The second-order valence-electron chi connectivity index (χ2n) is 7.36. The van der Waals surface area contributed by atoms with Crippen LogP contribution in [0.15, 0.2) is 24.3 Å². The molecule has 1 atom stereocenters. The predicted molar refractivity (Wildman–Crippen MR) is 98.1 cm³/mol. The molecule has 1 aromatic carbocycles. The van der Waals surface area contributed by atoms with E-state index in [4.69, 9.17) is 11.6 Å². The summed E-state index contributed by atoms with van der Waals surface area (Å²) in [4.78, 5) is 12.8. The van der Waals surface area contributed by atoms with Crippen LogP contribution in [0.5, 0.6) is 0 Å². The summed E-state index contributed by atoms with van der Waals surface area (Å²) in [5.41, 5.74) is -3.29. The van der Waals surface area contributed by atoms with Gasteiger partial charge < -0.3 is 10.4 Å². The Morgan fingerprint density at radius 1 is 1.37 bits per heavy atom. The van der Waals surface area contributed by atoms with Gasteiger partial charge in [-0.25, -0.2) is 8.78 Å². The van der Waals surface area contributed by atoms with Gasteiger partial charge in [0.2, 0.25) is 0 Å². The lowest BCUT2D eigenvalue weighted by Crippen LogP contribution is -2.49. The largest absolute Gasteiger partial charge is 0.435 e. The molecular weight excluding hydrogens is 433 g/mol. The number of hydrogen-bond acceptors (Lipinski definition) is 3. The van der Waals surface area contributed by atoms with Crippen molar-refractivity contribution in [1.29, 1.82) is 0 Å². The topological polar surface area (TPSA) is 67.2 Å². The van der Waals surface area contributed by atoms with Crippen LogP contribution in [0.1, 0.15) is 53.5 Å². The molecule has 11 heteroatoms. The smallest absolute Gasteiger partial charge is 0.387 e. The van der Waals surface area contributed by atoms with Gasteiger partial charge >= 0.3 is 6.18 Å². The van der Waals surface area contributed by atoms with Crippen LogP contribution in [0.25, 0.3) is 0 Å². The summed E-state index contributed by atoms with van der Waals surface area (Å²) in [6.45, 7) is 0. The zero-order chi connectivity index (χ0) is 22.3. The number of nitrogens with one attached hydrogen (secondary N) is 1. The van der Waals surface area contributed by atoms with E-state index in [0.29, 0.717) is 6.07 Å². The number of rotatable bonds is 4. The number of aromatic nitrogens is 2. The third-order valence-corrected chi connectivity index (χ3v) is 5.69. The minimum Gasteiger partial charge on any atom is -0.387 e. The normalized spacial score (nSPS) is 23.3. The van der Waals surface area contributed by atoms with Gasteiger partial charge in [0, 0.05) is 13.1 Å². The Morgan fingerprint density at radius 3 is 2.57 bits per heavy atom. The lowest BCUT2D eigenvalue weighted by Gasteiger charge is -2.41. The van der Waals surface area contributed by atoms with E-state index in [2.05, 4.69) is 10.4 Å². The Hall–Kier alpha value is -2.20. The van der Waals surface area contributed by atoms with Crippen LogP contribution in [0.4, 0.5) is 22.0 Å². The molecule has 1 saturated carbocycles. The van der Waals surface area contributed by atoms with E-state index >= 15 is 0 Å². The molecule has 30 heavy (non-hydrogen) atoms. The molecule has 5 nitrogen and oxygen atoms in total. The standard InChI is InChI=1S/C19H19ClF5N3O2/c1-28-13(9-14(27-28)19(23,24)25)17(29)26-16(11-3-2-4-12(22)15(11)20)18(30)7-5-10(21)6-8-18/h2-4,9-10,16,30H,5-8H2,1H3,(H,26,29)/t10-,16?,18-. The molecule has 1 fully saturated rings. The first-order valence-electron chi connectivity index (χ1n) is 9.15. The van der Waals surface area contributed by atoms with E-state index in [1.54, 1.807) is 0 Å². The molecule has 3 rings (SSSR count). The molecule has 1 unspecified atom stereocenters. The molecular formula is C19H19ClF5N3O2. The zero-order valence-electron chi connectivity index (χ0n) is 15.8. The maximum absolute atomic E-state index is 14.0. The van der Waals surface area contributed by atoms with Crippen LogP contribution in [-0.2, 0) is 13.2 Å². The Bertz CT molecular complexity index is 939. The summed E-state index contributed by atoms with van der Waals surface area (Å²) in [7, 11) is 1.16. The highest BCUT2D eigenvalue weighted by Crippen LogP contribution is 2.42. The Labute approximate surface area is 173 Å². The molecule has 0 aliphatic heterocycles. The van der Waals surface area contributed by atoms with Crippen molar-refractivity contribution in [3.05, 3.63) is 52.1 Å². The molecule has 1 aliphatic rings. The first kappa shape index (κ1) is 22.5. The first-order chi connectivity index (χ1) is 13.9. The van der Waals surface area contributed by atoms with Crippen LogP contribution in [0.3, 0.4) is 0 Å². The van der Waals surface area contributed by atoms with E-state index in [1.807, 2.05) is 0 Å². The van der Waals surface area contributed by atoms with Crippen molar-refractivity contribution >= 4 is 17.5 Å². The number of aliphatic hydroxyl groups is 1. The lowest BCUT2D eigenvalue weighted by atomic mass is 9.76. The number of benzene rings is 1. The van der Waals surface area contributed by atoms with Crippen molar-refractivity contribution in [2.45, 2.75) is 49.7 Å². The SMILES string of the molecule is Cn1nc(C(F)(F)F)cc1C(=O)NC(c1cccc(F)c1Cl)[C@]1(O)CC[C@H](F)CC1. The average Bonchev–Trinajstić information content (AvgIpc) is 3.07. The molecule has 2 N–H and O–H groups in total. The number of aryl methyl sites for hydroxylation is 1. The number of carbonyl (C=O) groups is 1. The van der Waals surface area contributed by atoms with Crippen molar-refractivity contribution in [3.63, 3.8) is 0 Å². The van der Waals surface area contributed by atoms with Crippen molar-refractivity contribution in [2.24, 2.45) is 7.05 Å². The Balaban J connectivity index is 1.98. The average molecular weight is 452 g/mol. The van der Waals surface area contributed by atoms with Crippen molar-refractivity contribution in [3.8, 4) is 0 Å². The van der Waals surface area contributed by atoms with Crippen LogP contribution in [0.2, 0.25) is 5.02 Å². The number of nitrogens with zero attached hydrogens (tertiary/aromatic N) is 2. The van der Waals surface area contributed by atoms with E-state index < -0.39 is 47.1 Å². The minimum atomic E-state index is -4.75. The summed E-state index contributed by atoms with van der Waals surface area (Å²) >= 11 is 6.04. The maximum Gasteiger partial charge on any atom is 0.435 e. The molecule has 0 bridgehead atoms. The Morgan fingerprint density at radius 2 is 2.00 bits per heavy atom. The zero-order valence-corrected chi connectivity index (χ0v) is 16.6. The van der Waals surface area contributed by atoms with Gasteiger partial charge in [0.15, 0.2) is 5.69 Å². The van der Waals surface area contributed by atoms with E-state index in [0.717, 1.165) is 17.8 Å². The fraction of sp³-hybridized carbons (Fsp3) is 0.474. The second-order valence-corrected chi connectivity index (χ2v) is 7.74. The quantitative estimate of drug-likeness (QED) is 0.679. The van der Waals surface area contributed by atoms with Gasteiger partial charge in [-0.1, -0.05) is 23.7 Å². The summed E-state index contributed by atoms with van der Waals surface area (Å²) < 4.78 is 67.2. The van der Waals surface area contributed by atoms with E-state index in [1.165, 1.54) is 12.1 Å². The highest BCUT2D eigenvalue weighted by Gasteiger charge is 2.44. The molecule has 1 aliphatic carbocycles. The number of alkyl halides is 4. The van der Waals surface area contributed by atoms with Gasteiger partial charge in [-0.2, -0.15) is 18.3 Å². The van der Waals surface area contributed by atoms with Gasteiger partial charge in [0.25, 0.3) is 5.91 Å². The first-order valence-corrected chi connectivity index (χ1v) is 9.52. The van der Waals surface area contributed by atoms with Gasteiger partial charge in [0.05, 0.1) is 16.7 Å². The van der Waals surface area contributed by atoms with Crippen molar-refractivity contribution in [1.82, 2.24) is 15.1 Å². The van der Waals surface area contributed by atoms with E-state index in [9.17, 15) is 31.9 Å². The monoisotopic (exact) mass is 451 g/mol. The number of hydrogen-bond donors (Lipinski definition) is 2. The molecule has 0 spiro atoms. The third kappa shape index (κ3) is 4.44. The Kier molecular flexibility index (Phi) is 6.10. The maximum atomic E-state index is 14.0. The molecule has 1 aromatic heterocycles. The third-order valence-electron chi connectivity index (χ3n) is 5.29. The van der Waals surface area contributed by atoms with Crippen molar-refractivity contribution in [2.75, 3.05) is 0 Å². The second kappa shape index (κ2) is 8.14. The molecule has 164 valence electrons. The number of amides is 1. The minimum absolute atomic E-state index is 0.0136. The fourth-order valence-corrected chi connectivity index (χ4v) is 3.87. The number of carbonyl (C=O) groups excluding carboxylic acids is 1. The fourth-order valence-electron chi connectivity index (χ4n) is 3.64. The summed E-state index contributed by atoms with van der Waals surface area (Å²) in [5.74, 6) is -1.77. The van der Waals surface area contributed by atoms with Crippen molar-refractivity contribution < 1.29 is 31.9 Å². The van der Waals surface area contributed by atoms with Gasteiger partial charge in [0.1, 0.15) is 17.7 Å². The lowest BCUT2D eigenvalue weighted by molar-refractivity contribution is -0.141. The highest BCUT2D eigenvalue weighted by atomic mass is 35.5. The number of halogens is 6. The van der Waals surface area contributed by atoms with Crippen LogP contribution >= 0.6 is 11.6 Å². The van der Waals surface area contributed by atoms with Gasteiger partial charge in [-0.15, -0.1) is 0 Å². The van der Waals surface area contributed by atoms with E-state index in [-0.39, 0.29) is 36.3 Å². The summed E-state index contributed by atoms with van der Waals surface area (Å²) in [6, 6.07) is 3.10. The van der Waals surface area contributed by atoms with Crippen LogP contribution in [0, 0.1) is 5.82 Å². The van der Waals surface area contributed by atoms with Crippen LogP contribution in [-0.4, -0.2) is 32.6 Å². The van der Waals surface area contributed by atoms with Gasteiger partial charge in [-0.3, -0.25) is 9.48 Å². The molecule has 1 heterocycles.